The van der Waals surface area contributed by atoms with Gasteiger partial charge in [0.25, 0.3) is 0 Å². The van der Waals surface area contributed by atoms with Crippen LogP contribution in [0.25, 0.3) is 33.5 Å². The minimum atomic E-state index is -0.424. The van der Waals surface area contributed by atoms with Gasteiger partial charge >= 0.3 is 0 Å². The van der Waals surface area contributed by atoms with Crippen molar-refractivity contribution in [2.45, 2.75) is 13.8 Å². The molecule has 0 saturated carbocycles. The summed E-state index contributed by atoms with van der Waals surface area (Å²) < 4.78 is 0. The van der Waals surface area contributed by atoms with Crippen molar-refractivity contribution in [3.05, 3.63) is 83.8 Å². The van der Waals surface area contributed by atoms with Gasteiger partial charge in [-0.3, -0.25) is 14.9 Å². The summed E-state index contributed by atoms with van der Waals surface area (Å²) in [6.07, 6.45) is 3.53. The van der Waals surface area contributed by atoms with Crippen molar-refractivity contribution in [3.63, 3.8) is 0 Å². The molecule has 0 fully saturated rings. The van der Waals surface area contributed by atoms with E-state index >= 15 is 0 Å². The Bertz CT molecular complexity index is 1160. The van der Waals surface area contributed by atoms with Crippen LogP contribution >= 0.6 is 0 Å². The predicted molar refractivity (Wildman–Crippen MR) is 111 cm³/mol. The highest BCUT2D eigenvalue weighted by atomic mass is 16.1. The van der Waals surface area contributed by atoms with Gasteiger partial charge in [0.05, 0.1) is 0 Å². The molecule has 0 radical (unpaired) electrons. The first-order valence-corrected chi connectivity index (χ1v) is 9.01. The van der Waals surface area contributed by atoms with Crippen molar-refractivity contribution in [2.24, 2.45) is 5.73 Å². The van der Waals surface area contributed by atoms with Gasteiger partial charge in [-0.05, 0) is 60.4 Å². The Morgan fingerprint density at radius 2 is 1.71 bits per heavy atom. The number of amides is 1. The molecule has 0 atom stereocenters. The quantitative estimate of drug-likeness (QED) is 0.555. The molecule has 28 heavy (non-hydrogen) atoms. The summed E-state index contributed by atoms with van der Waals surface area (Å²) in [6, 6.07) is 17.6. The number of carbonyl (C=O) groups excluding carboxylic acids is 1. The van der Waals surface area contributed by atoms with E-state index in [9.17, 15) is 4.79 Å². The van der Waals surface area contributed by atoms with Crippen molar-refractivity contribution in [1.82, 2.24) is 15.2 Å². The number of hydrogen-bond donors (Lipinski definition) is 2. The normalized spacial score (nSPS) is 10.8. The second-order valence-corrected chi connectivity index (χ2v) is 6.78. The zero-order valence-corrected chi connectivity index (χ0v) is 15.7. The molecule has 0 aliphatic carbocycles. The molecule has 2 heterocycles. The van der Waals surface area contributed by atoms with Gasteiger partial charge in [-0.2, -0.15) is 5.10 Å². The predicted octanol–water partition coefficient (Wildman–Crippen LogP) is 4.52. The summed E-state index contributed by atoms with van der Waals surface area (Å²) in [7, 11) is 0. The number of nitrogens with zero attached hydrogens (tertiary/aromatic N) is 2. The minimum Gasteiger partial charge on any atom is -0.366 e. The summed E-state index contributed by atoms with van der Waals surface area (Å²) in [4.78, 5) is 15.6. The molecule has 0 unspecified atom stereocenters. The number of carbonyl (C=O) groups is 1. The smallest absolute Gasteiger partial charge is 0.248 e. The number of aromatic nitrogens is 3. The van der Waals surface area contributed by atoms with Crippen LogP contribution in [-0.2, 0) is 0 Å². The average Bonchev–Trinajstić information content (AvgIpc) is 3.10. The number of nitrogens with two attached hydrogens (primary N) is 1. The zero-order valence-electron chi connectivity index (χ0n) is 15.7. The van der Waals surface area contributed by atoms with E-state index in [1.54, 1.807) is 18.5 Å². The molecule has 0 spiro atoms. The van der Waals surface area contributed by atoms with Crippen molar-refractivity contribution in [2.75, 3.05) is 0 Å². The number of H-pyrrole nitrogens is 1. The largest absolute Gasteiger partial charge is 0.366 e. The van der Waals surface area contributed by atoms with Crippen LogP contribution in [-0.4, -0.2) is 21.1 Å². The monoisotopic (exact) mass is 368 g/mol. The molecule has 0 aliphatic rings. The molecule has 138 valence electrons. The maximum absolute atomic E-state index is 11.5. The number of primary amides is 1. The van der Waals surface area contributed by atoms with Crippen LogP contribution in [0.15, 0.2) is 67.0 Å². The van der Waals surface area contributed by atoms with Crippen LogP contribution in [0.3, 0.4) is 0 Å². The van der Waals surface area contributed by atoms with Crippen LogP contribution in [0, 0.1) is 13.8 Å². The maximum Gasteiger partial charge on any atom is 0.248 e. The fourth-order valence-corrected chi connectivity index (χ4v) is 3.48. The first-order chi connectivity index (χ1) is 13.5. The van der Waals surface area contributed by atoms with E-state index in [0.717, 1.165) is 44.8 Å². The number of aryl methyl sites for hydroxylation is 2. The number of hydrogen-bond acceptors (Lipinski definition) is 3. The van der Waals surface area contributed by atoms with Crippen LogP contribution in [0.4, 0.5) is 0 Å². The van der Waals surface area contributed by atoms with E-state index in [2.05, 4.69) is 40.3 Å². The third kappa shape index (κ3) is 3.18. The highest BCUT2D eigenvalue weighted by Crippen LogP contribution is 2.35. The molecule has 2 aromatic heterocycles. The van der Waals surface area contributed by atoms with Gasteiger partial charge in [0.2, 0.25) is 5.91 Å². The third-order valence-electron chi connectivity index (χ3n) is 4.87. The van der Waals surface area contributed by atoms with Crippen LogP contribution in [0.1, 0.15) is 21.6 Å². The second-order valence-electron chi connectivity index (χ2n) is 6.78. The fourth-order valence-electron chi connectivity index (χ4n) is 3.48. The highest BCUT2D eigenvalue weighted by molar-refractivity contribution is 5.94. The molecule has 5 nitrogen and oxygen atoms in total. The molecule has 1 amide bonds. The molecule has 0 bridgehead atoms. The van der Waals surface area contributed by atoms with E-state index in [-0.39, 0.29) is 0 Å². The number of benzene rings is 2. The van der Waals surface area contributed by atoms with E-state index in [0.29, 0.717) is 5.56 Å². The number of pyridine rings is 1. The Morgan fingerprint density at radius 3 is 2.43 bits per heavy atom. The van der Waals surface area contributed by atoms with Gasteiger partial charge in [0.1, 0.15) is 5.69 Å². The molecule has 4 rings (SSSR count). The zero-order chi connectivity index (χ0) is 19.7. The van der Waals surface area contributed by atoms with Crippen LogP contribution in [0.2, 0.25) is 0 Å². The van der Waals surface area contributed by atoms with Gasteiger partial charge in [0, 0.05) is 34.8 Å². The molecular formula is C23H20N4O. The van der Waals surface area contributed by atoms with Crippen molar-refractivity contribution >= 4 is 5.91 Å². The molecule has 0 aliphatic heterocycles. The van der Waals surface area contributed by atoms with Crippen LogP contribution < -0.4 is 5.73 Å². The van der Waals surface area contributed by atoms with E-state index in [4.69, 9.17) is 5.73 Å². The summed E-state index contributed by atoms with van der Waals surface area (Å²) in [6.45, 7) is 4.09. The SMILES string of the molecule is Cc1cc(-c2c(-c3ccncc3)n[nH]c2C)ccc1-c1cccc(C(N)=O)c1. The Labute approximate surface area is 163 Å². The molecule has 0 saturated heterocycles. The van der Waals surface area contributed by atoms with Gasteiger partial charge in [-0.25, -0.2) is 0 Å². The van der Waals surface area contributed by atoms with Gasteiger partial charge in [0.15, 0.2) is 0 Å². The van der Waals surface area contributed by atoms with Gasteiger partial charge in [-0.15, -0.1) is 0 Å². The number of rotatable bonds is 4. The summed E-state index contributed by atoms with van der Waals surface area (Å²) in [5.74, 6) is -0.424. The number of aromatic amines is 1. The topological polar surface area (TPSA) is 84.7 Å². The summed E-state index contributed by atoms with van der Waals surface area (Å²) in [5, 5.41) is 7.60. The average molecular weight is 368 g/mol. The molecular weight excluding hydrogens is 348 g/mol. The molecule has 5 heteroatoms. The summed E-state index contributed by atoms with van der Waals surface area (Å²) in [5.41, 5.74) is 14.2. The fraction of sp³-hybridized carbons (Fsp3) is 0.0870. The van der Waals surface area contributed by atoms with Crippen molar-refractivity contribution in [1.29, 1.82) is 0 Å². The Balaban J connectivity index is 1.79. The Morgan fingerprint density at radius 1 is 0.929 bits per heavy atom. The standard InChI is InChI=1S/C23H20N4O/c1-14-12-18(6-7-20(14)17-4-3-5-19(13-17)23(24)28)21-15(2)26-27-22(21)16-8-10-25-11-9-16/h3-13H,1-2H3,(H2,24,28)(H,26,27). The summed E-state index contributed by atoms with van der Waals surface area (Å²) >= 11 is 0. The Hall–Kier alpha value is -3.73. The number of nitrogens with one attached hydrogen (secondary N) is 1. The first-order valence-electron chi connectivity index (χ1n) is 9.01. The highest BCUT2D eigenvalue weighted by Gasteiger charge is 2.15. The molecule has 3 N–H and O–H groups in total. The lowest BCUT2D eigenvalue weighted by molar-refractivity contribution is 0.100. The Kier molecular flexibility index (Phi) is 4.49. The first kappa shape index (κ1) is 17.7. The second kappa shape index (κ2) is 7.12. The molecule has 4 aromatic rings. The van der Waals surface area contributed by atoms with E-state index in [1.807, 2.05) is 37.3 Å². The lowest BCUT2D eigenvalue weighted by Gasteiger charge is -2.11. The lowest BCUT2D eigenvalue weighted by atomic mass is 9.93. The van der Waals surface area contributed by atoms with Gasteiger partial charge < -0.3 is 5.73 Å². The lowest BCUT2D eigenvalue weighted by Crippen LogP contribution is -2.10. The van der Waals surface area contributed by atoms with Crippen LogP contribution in [0.5, 0.6) is 0 Å². The van der Waals surface area contributed by atoms with Gasteiger partial charge in [-0.1, -0.05) is 30.3 Å². The molecule has 2 aromatic carbocycles. The maximum atomic E-state index is 11.5. The van der Waals surface area contributed by atoms with Crippen molar-refractivity contribution < 1.29 is 4.79 Å². The van der Waals surface area contributed by atoms with E-state index < -0.39 is 5.91 Å². The van der Waals surface area contributed by atoms with Crippen molar-refractivity contribution in [3.8, 4) is 33.5 Å². The third-order valence-corrected chi connectivity index (χ3v) is 4.87. The minimum absolute atomic E-state index is 0.424. The van der Waals surface area contributed by atoms with E-state index in [1.165, 1.54) is 0 Å².